The van der Waals surface area contributed by atoms with E-state index < -0.39 is 0 Å². The number of nitrogens with zero attached hydrogens (tertiary/aromatic N) is 3. The number of hydrogen-bond donors (Lipinski definition) is 0. The van der Waals surface area contributed by atoms with Gasteiger partial charge in [0.15, 0.2) is 0 Å². The highest BCUT2D eigenvalue weighted by Crippen LogP contribution is 2.23. The molecule has 0 saturated carbocycles. The zero-order valence-electron chi connectivity index (χ0n) is 15.5. The van der Waals surface area contributed by atoms with Gasteiger partial charge in [-0.15, -0.1) is 0 Å². The number of methoxy groups -OCH3 is 1. The molecule has 2 heterocycles. The summed E-state index contributed by atoms with van der Waals surface area (Å²) in [6, 6.07) is 13.5. The van der Waals surface area contributed by atoms with Gasteiger partial charge in [-0.3, -0.25) is 4.79 Å². The topological polar surface area (TPSA) is 54.9 Å². The van der Waals surface area contributed by atoms with E-state index in [9.17, 15) is 4.79 Å². The molecule has 1 fully saturated rings. The van der Waals surface area contributed by atoms with Crippen molar-refractivity contribution in [2.45, 2.75) is 12.5 Å². The van der Waals surface area contributed by atoms with E-state index in [1.165, 1.54) is 0 Å². The molecule has 0 radical (unpaired) electrons. The van der Waals surface area contributed by atoms with Gasteiger partial charge in [0, 0.05) is 20.6 Å². The summed E-state index contributed by atoms with van der Waals surface area (Å²) in [5.41, 5.74) is 1.81. The van der Waals surface area contributed by atoms with Gasteiger partial charge in [0.05, 0.1) is 32.4 Å². The van der Waals surface area contributed by atoms with Crippen molar-refractivity contribution in [3.05, 3.63) is 53.7 Å². The van der Waals surface area contributed by atoms with E-state index in [-0.39, 0.29) is 12.0 Å². The second kappa shape index (κ2) is 8.19. The Morgan fingerprint density at radius 2 is 2.12 bits per heavy atom. The van der Waals surface area contributed by atoms with E-state index in [1.807, 2.05) is 66.4 Å². The highest BCUT2D eigenvalue weighted by Gasteiger charge is 2.26. The van der Waals surface area contributed by atoms with Crippen molar-refractivity contribution in [2.24, 2.45) is 0 Å². The van der Waals surface area contributed by atoms with Gasteiger partial charge in [0.25, 0.3) is 0 Å². The number of hydrogen-bond acceptors (Lipinski definition) is 5. The van der Waals surface area contributed by atoms with E-state index in [4.69, 9.17) is 9.47 Å². The Labute approximate surface area is 154 Å². The van der Waals surface area contributed by atoms with Crippen LogP contribution in [0, 0.1) is 0 Å². The lowest BCUT2D eigenvalue weighted by Gasteiger charge is -2.33. The first kappa shape index (κ1) is 18.2. The highest BCUT2D eigenvalue weighted by atomic mass is 16.5. The van der Waals surface area contributed by atoms with Gasteiger partial charge in [0.2, 0.25) is 5.91 Å². The van der Waals surface area contributed by atoms with Crippen molar-refractivity contribution >= 4 is 11.7 Å². The molecule has 1 aromatic heterocycles. The molecule has 0 aliphatic carbocycles. The number of amides is 1. The molecular formula is C20H25N3O3. The van der Waals surface area contributed by atoms with Crippen LogP contribution in [-0.4, -0.2) is 56.7 Å². The van der Waals surface area contributed by atoms with Gasteiger partial charge in [0.1, 0.15) is 17.7 Å². The lowest BCUT2D eigenvalue weighted by molar-refractivity contribution is -0.138. The maximum atomic E-state index is 12.7. The van der Waals surface area contributed by atoms with Crippen molar-refractivity contribution in [1.82, 2.24) is 9.88 Å². The van der Waals surface area contributed by atoms with E-state index in [1.54, 1.807) is 7.11 Å². The Morgan fingerprint density at radius 3 is 2.88 bits per heavy atom. The summed E-state index contributed by atoms with van der Waals surface area (Å²) in [7, 11) is 5.54. The number of carbonyl (C=O) groups is 1. The fourth-order valence-corrected chi connectivity index (χ4v) is 2.99. The summed E-state index contributed by atoms with van der Waals surface area (Å²) in [6.45, 7) is 1.64. The fraction of sp³-hybridized carbons (Fsp3) is 0.400. The first-order valence-corrected chi connectivity index (χ1v) is 8.73. The van der Waals surface area contributed by atoms with Gasteiger partial charge >= 0.3 is 0 Å². The van der Waals surface area contributed by atoms with Gasteiger partial charge in [-0.25, -0.2) is 4.98 Å². The molecule has 2 aromatic rings. The van der Waals surface area contributed by atoms with E-state index in [2.05, 4.69) is 4.98 Å². The number of carbonyl (C=O) groups excluding carboxylic acids is 1. The molecule has 0 unspecified atom stereocenters. The summed E-state index contributed by atoms with van der Waals surface area (Å²) >= 11 is 0. The normalized spacial score (nSPS) is 17.0. The predicted octanol–water partition coefficient (Wildman–Crippen LogP) is 2.30. The number of ether oxygens (including phenoxy) is 2. The minimum atomic E-state index is -0.196. The summed E-state index contributed by atoms with van der Waals surface area (Å²) in [5.74, 6) is 1.74. The molecule has 26 heavy (non-hydrogen) atoms. The van der Waals surface area contributed by atoms with E-state index in [0.717, 1.165) is 22.8 Å². The SMILES string of the molecule is COc1cccc(CC(=O)N2CCO[C@@H](c3cccc(N(C)C)n3)C2)c1. The number of benzene rings is 1. The van der Waals surface area contributed by atoms with E-state index in [0.29, 0.717) is 26.1 Å². The lowest BCUT2D eigenvalue weighted by atomic mass is 10.1. The smallest absolute Gasteiger partial charge is 0.227 e. The van der Waals surface area contributed by atoms with Gasteiger partial charge in [-0.05, 0) is 29.8 Å². The van der Waals surface area contributed by atoms with Crippen LogP contribution in [0.4, 0.5) is 5.82 Å². The predicted molar refractivity (Wildman–Crippen MR) is 101 cm³/mol. The van der Waals surface area contributed by atoms with Gasteiger partial charge < -0.3 is 19.3 Å². The Morgan fingerprint density at radius 1 is 1.31 bits per heavy atom. The summed E-state index contributed by atoms with van der Waals surface area (Å²) in [5, 5.41) is 0. The first-order chi connectivity index (χ1) is 12.6. The third-order valence-corrected chi connectivity index (χ3v) is 4.45. The monoisotopic (exact) mass is 355 g/mol. The largest absolute Gasteiger partial charge is 0.497 e. The van der Waals surface area contributed by atoms with Crippen molar-refractivity contribution in [1.29, 1.82) is 0 Å². The quantitative estimate of drug-likeness (QED) is 0.824. The molecule has 1 aliphatic heterocycles. The second-order valence-electron chi connectivity index (χ2n) is 6.54. The molecule has 6 nitrogen and oxygen atoms in total. The zero-order valence-corrected chi connectivity index (χ0v) is 15.5. The minimum Gasteiger partial charge on any atom is -0.497 e. The average Bonchev–Trinajstić information content (AvgIpc) is 2.68. The molecule has 1 saturated heterocycles. The van der Waals surface area contributed by atoms with Crippen LogP contribution >= 0.6 is 0 Å². The maximum absolute atomic E-state index is 12.7. The van der Waals surface area contributed by atoms with Crippen molar-refractivity contribution in [3.8, 4) is 5.75 Å². The molecule has 6 heteroatoms. The van der Waals surface area contributed by atoms with Crippen LogP contribution < -0.4 is 9.64 Å². The lowest BCUT2D eigenvalue weighted by Crippen LogP contribution is -2.43. The number of aromatic nitrogens is 1. The van der Waals surface area contributed by atoms with Crippen molar-refractivity contribution in [2.75, 3.05) is 45.8 Å². The molecule has 0 N–H and O–H groups in total. The molecule has 3 rings (SSSR count). The third-order valence-electron chi connectivity index (χ3n) is 4.45. The Kier molecular flexibility index (Phi) is 5.73. The number of anilines is 1. The molecule has 1 aromatic carbocycles. The standard InChI is InChI=1S/C20H25N3O3/c1-22(2)19-9-5-8-17(21-19)18-14-23(10-11-26-18)20(24)13-15-6-4-7-16(12-15)25-3/h4-9,12,18H,10-11,13-14H2,1-3H3/t18-/m1/s1. The number of pyridine rings is 1. The van der Waals surface area contributed by atoms with Crippen LogP contribution in [0.5, 0.6) is 5.75 Å². The molecule has 138 valence electrons. The average molecular weight is 355 g/mol. The molecule has 0 spiro atoms. The number of rotatable bonds is 5. The summed E-state index contributed by atoms with van der Waals surface area (Å²) < 4.78 is 11.1. The summed E-state index contributed by atoms with van der Waals surface area (Å²) in [6.07, 6.45) is 0.160. The molecule has 1 amide bonds. The van der Waals surface area contributed by atoms with Crippen molar-refractivity contribution in [3.63, 3.8) is 0 Å². The van der Waals surface area contributed by atoms with Crippen LogP contribution in [-0.2, 0) is 16.0 Å². The molecule has 0 bridgehead atoms. The molecule has 1 atom stereocenters. The van der Waals surface area contributed by atoms with Crippen LogP contribution in [0.25, 0.3) is 0 Å². The highest BCUT2D eigenvalue weighted by molar-refractivity contribution is 5.79. The van der Waals surface area contributed by atoms with Crippen LogP contribution in [0.2, 0.25) is 0 Å². The van der Waals surface area contributed by atoms with Gasteiger partial charge in [-0.2, -0.15) is 0 Å². The molecular weight excluding hydrogens is 330 g/mol. The second-order valence-corrected chi connectivity index (χ2v) is 6.54. The molecule has 1 aliphatic rings. The van der Waals surface area contributed by atoms with Gasteiger partial charge in [-0.1, -0.05) is 18.2 Å². The third kappa shape index (κ3) is 4.32. The Hall–Kier alpha value is -2.60. The first-order valence-electron chi connectivity index (χ1n) is 8.73. The van der Waals surface area contributed by atoms with Crippen LogP contribution in [0.1, 0.15) is 17.4 Å². The van der Waals surface area contributed by atoms with Crippen LogP contribution in [0.15, 0.2) is 42.5 Å². The summed E-state index contributed by atoms with van der Waals surface area (Å²) in [4.78, 5) is 21.2. The van der Waals surface area contributed by atoms with Crippen molar-refractivity contribution < 1.29 is 14.3 Å². The zero-order chi connectivity index (χ0) is 18.5. The Balaban J connectivity index is 1.67. The minimum absolute atomic E-state index is 0.0929. The fourth-order valence-electron chi connectivity index (χ4n) is 2.99. The van der Waals surface area contributed by atoms with E-state index >= 15 is 0 Å². The maximum Gasteiger partial charge on any atom is 0.227 e. The van der Waals surface area contributed by atoms with Crippen LogP contribution in [0.3, 0.4) is 0 Å². The number of morpholine rings is 1. The Bertz CT molecular complexity index is 763.